The fourth-order valence-corrected chi connectivity index (χ4v) is 2.75. The van der Waals surface area contributed by atoms with Gasteiger partial charge in [-0.2, -0.15) is 0 Å². The highest BCUT2D eigenvalue weighted by molar-refractivity contribution is 9.10. The molecule has 0 spiro atoms. The summed E-state index contributed by atoms with van der Waals surface area (Å²) in [5, 5.41) is 5.76. The van der Waals surface area contributed by atoms with Crippen LogP contribution in [0, 0.1) is 6.92 Å². The molecule has 1 aromatic carbocycles. The molecule has 6 heteroatoms. The van der Waals surface area contributed by atoms with Gasteiger partial charge in [0, 0.05) is 31.2 Å². The van der Waals surface area contributed by atoms with Gasteiger partial charge in [0.15, 0.2) is 0 Å². The summed E-state index contributed by atoms with van der Waals surface area (Å²) in [7, 11) is 1.59. The Hall–Kier alpha value is -1.40. The van der Waals surface area contributed by atoms with Crippen molar-refractivity contribution in [1.29, 1.82) is 0 Å². The third-order valence-corrected chi connectivity index (χ3v) is 4.53. The first-order valence-corrected chi connectivity index (χ1v) is 7.34. The van der Waals surface area contributed by atoms with Crippen molar-refractivity contribution in [2.24, 2.45) is 0 Å². The molecule has 0 radical (unpaired) electrons. The second-order valence-electron chi connectivity index (χ2n) is 4.77. The van der Waals surface area contributed by atoms with E-state index in [1.165, 1.54) is 0 Å². The van der Waals surface area contributed by atoms with E-state index < -0.39 is 6.04 Å². The second-order valence-corrected chi connectivity index (χ2v) is 5.56. The first-order valence-electron chi connectivity index (χ1n) is 6.54. The Balaban J connectivity index is 2.30. The summed E-state index contributed by atoms with van der Waals surface area (Å²) in [4.78, 5) is 26.2. The molecule has 2 rings (SSSR count). The Labute approximate surface area is 126 Å². The molecule has 5 nitrogen and oxygen atoms in total. The zero-order chi connectivity index (χ0) is 14.7. The molecule has 1 heterocycles. The lowest BCUT2D eigenvalue weighted by atomic mass is 10.1. The third-order valence-electron chi connectivity index (χ3n) is 3.48. The molecule has 1 saturated heterocycles. The number of aryl methyl sites for hydroxylation is 1. The molecule has 2 amide bonds. The normalized spacial score (nSPS) is 18.8. The Morgan fingerprint density at radius 2 is 2.20 bits per heavy atom. The van der Waals surface area contributed by atoms with Gasteiger partial charge in [0.1, 0.15) is 6.04 Å². The van der Waals surface area contributed by atoms with E-state index in [1.54, 1.807) is 18.0 Å². The molecule has 1 aliphatic heterocycles. The number of likely N-dealkylation sites (N-methyl/N-ethyl adjacent to an activating group) is 1. The van der Waals surface area contributed by atoms with Gasteiger partial charge in [0.25, 0.3) is 5.91 Å². The average Bonchev–Trinajstić information content (AvgIpc) is 2.48. The summed E-state index contributed by atoms with van der Waals surface area (Å²) < 4.78 is 0.791. The van der Waals surface area contributed by atoms with Crippen molar-refractivity contribution in [2.45, 2.75) is 13.0 Å². The fourth-order valence-electron chi connectivity index (χ4n) is 2.32. The number of hydrogen-bond donors (Lipinski definition) is 2. The first kappa shape index (κ1) is 15.0. The van der Waals surface area contributed by atoms with Gasteiger partial charge in [0.2, 0.25) is 5.91 Å². The van der Waals surface area contributed by atoms with Crippen LogP contribution in [0.1, 0.15) is 15.9 Å². The number of carbonyl (C=O) groups is 2. The quantitative estimate of drug-likeness (QED) is 0.842. The molecular formula is C14H18BrN3O2. The zero-order valence-electron chi connectivity index (χ0n) is 11.6. The van der Waals surface area contributed by atoms with Crippen LogP contribution in [0.4, 0.5) is 0 Å². The maximum absolute atomic E-state index is 12.7. The van der Waals surface area contributed by atoms with Crippen molar-refractivity contribution in [3.05, 3.63) is 33.8 Å². The van der Waals surface area contributed by atoms with Gasteiger partial charge >= 0.3 is 0 Å². The van der Waals surface area contributed by atoms with Gasteiger partial charge in [-0.3, -0.25) is 9.59 Å². The number of benzene rings is 1. The molecule has 0 aromatic heterocycles. The molecule has 1 aliphatic rings. The molecule has 2 N–H and O–H groups in total. The molecule has 1 fully saturated rings. The van der Waals surface area contributed by atoms with E-state index in [-0.39, 0.29) is 11.8 Å². The van der Waals surface area contributed by atoms with Crippen molar-refractivity contribution in [3.63, 3.8) is 0 Å². The summed E-state index contributed by atoms with van der Waals surface area (Å²) >= 11 is 3.46. The molecule has 0 bridgehead atoms. The van der Waals surface area contributed by atoms with E-state index >= 15 is 0 Å². The van der Waals surface area contributed by atoms with Gasteiger partial charge in [0.05, 0.1) is 5.56 Å². The molecule has 1 aromatic rings. The SMILES string of the molecule is CNC(=O)C1CNCCN1C(=O)c1cccc(C)c1Br. The van der Waals surface area contributed by atoms with Crippen molar-refractivity contribution in [2.75, 3.05) is 26.7 Å². The lowest BCUT2D eigenvalue weighted by molar-refractivity contribution is -0.125. The smallest absolute Gasteiger partial charge is 0.255 e. The predicted octanol–water partition coefficient (Wildman–Crippen LogP) is 0.918. The van der Waals surface area contributed by atoms with Crippen molar-refractivity contribution in [3.8, 4) is 0 Å². The van der Waals surface area contributed by atoms with Crippen molar-refractivity contribution in [1.82, 2.24) is 15.5 Å². The molecule has 1 unspecified atom stereocenters. The highest BCUT2D eigenvalue weighted by Gasteiger charge is 2.32. The maximum Gasteiger partial charge on any atom is 0.255 e. The molecule has 20 heavy (non-hydrogen) atoms. The Morgan fingerprint density at radius 1 is 1.45 bits per heavy atom. The molecule has 0 aliphatic carbocycles. The number of nitrogens with zero attached hydrogens (tertiary/aromatic N) is 1. The Morgan fingerprint density at radius 3 is 2.90 bits per heavy atom. The summed E-state index contributed by atoms with van der Waals surface area (Å²) in [6, 6.07) is 5.11. The van der Waals surface area contributed by atoms with Crippen LogP contribution >= 0.6 is 15.9 Å². The van der Waals surface area contributed by atoms with Crippen LogP contribution in [-0.2, 0) is 4.79 Å². The van der Waals surface area contributed by atoms with Crippen LogP contribution in [0.3, 0.4) is 0 Å². The van der Waals surface area contributed by atoms with Crippen molar-refractivity contribution >= 4 is 27.7 Å². The summed E-state index contributed by atoms with van der Waals surface area (Å²) in [6.07, 6.45) is 0. The van der Waals surface area contributed by atoms with Crippen LogP contribution in [0.2, 0.25) is 0 Å². The number of carbonyl (C=O) groups excluding carboxylic acids is 2. The van der Waals surface area contributed by atoms with Crippen molar-refractivity contribution < 1.29 is 9.59 Å². The Bertz CT molecular complexity index is 533. The summed E-state index contributed by atoms with van der Waals surface area (Å²) in [6.45, 7) is 3.64. The van der Waals surface area contributed by atoms with Gasteiger partial charge in [-0.15, -0.1) is 0 Å². The standard InChI is InChI=1S/C14H18BrN3O2/c1-9-4-3-5-10(12(9)15)14(20)18-7-6-17-8-11(18)13(19)16-2/h3-5,11,17H,6-8H2,1-2H3,(H,16,19). The number of nitrogens with one attached hydrogen (secondary N) is 2. The number of amides is 2. The maximum atomic E-state index is 12.7. The van der Waals surface area contributed by atoms with Crippen LogP contribution in [0.5, 0.6) is 0 Å². The fraction of sp³-hybridized carbons (Fsp3) is 0.429. The van der Waals surface area contributed by atoms with Crippen LogP contribution in [-0.4, -0.2) is 49.4 Å². The minimum atomic E-state index is -0.464. The summed E-state index contributed by atoms with van der Waals surface area (Å²) in [5.74, 6) is -0.259. The van der Waals surface area contributed by atoms with Crippen LogP contribution in [0.15, 0.2) is 22.7 Å². The zero-order valence-corrected chi connectivity index (χ0v) is 13.2. The number of rotatable bonds is 2. The van der Waals surface area contributed by atoms with E-state index in [0.29, 0.717) is 25.2 Å². The Kier molecular flexibility index (Phi) is 4.77. The molecule has 1 atom stereocenters. The predicted molar refractivity (Wildman–Crippen MR) is 80.6 cm³/mol. The van der Waals surface area contributed by atoms with Gasteiger partial charge in [-0.05, 0) is 34.5 Å². The summed E-state index contributed by atoms with van der Waals surface area (Å²) in [5.41, 5.74) is 1.60. The van der Waals surface area contributed by atoms with E-state index in [2.05, 4.69) is 26.6 Å². The van der Waals surface area contributed by atoms with Gasteiger partial charge in [-0.1, -0.05) is 12.1 Å². The minimum Gasteiger partial charge on any atom is -0.357 e. The molecular weight excluding hydrogens is 322 g/mol. The second kappa shape index (κ2) is 6.37. The van der Waals surface area contributed by atoms with E-state index in [0.717, 1.165) is 10.0 Å². The number of piperazine rings is 1. The third kappa shape index (κ3) is 2.86. The van der Waals surface area contributed by atoms with Gasteiger partial charge < -0.3 is 15.5 Å². The number of halogens is 1. The minimum absolute atomic E-state index is 0.115. The lowest BCUT2D eigenvalue weighted by Gasteiger charge is -2.35. The average molecular weight is 340 g/mol. The van der Waals surface area contributed by atoms with Gasteiger partial charge in [-0.25, -0.2) is 0 Å². The first-order chi connectivity index (χ1) is 9.56. The van der Waals surface area contributed by atoms with E-state index in [1.807, 2.05) is 19.1 Å². The number of hydrogen-bond acceptors (Lipinski definition) is 3. The monoisotopic (exact) mass is 339 g/mol. The highest BCUT2D eigenvalue weighted by atomic mass is 79.9. The molecule has 0 saturated carbocycles. The van der Waals surface area contributed by atoms with E-state index in [4.69, 9.17) is 0 Å². The van der Waals surface area contributed by atoms with Crippen LogP contribution in [0.25, 0.3) is 0 Å². The van der Waals surface area contributed by atoms with Crippen LogP contribution < -0.4 is 10.6 Å². The topological polar surface area (TPSA) is 61.4 Å². The largest absolute Gasteiger partial charge is 0.357 e. The highest BCUT2D eigenvalue weighted by Crippen LogP contribution is 2.23. The lowest BCUT2D eigenvalue weighted by Crippen LogP contribution is -2.59. The molecule has 108 valence electrons. The van der Waals surface area contributed by atoms with E-state index in [9.17, 15) is 9.59 Å².